The summed E-state index contributed by atoms with van der Waals surface area (Å²) in [5.74, 6) is 2.95. The lowest BCUT2D eigenvalue weighted by molar-refractivity contribution is -0.124. The van der Waals surface area contributed by atoms with Crippen LogP contribution in [0.1, 0.15) is 42.5 Å². The molecular formula is C36H37N3O2. The fourth-order valence-electron chi connectivity index (χ4n) is 6.75. The maximum atomic E-state index is 14.0. The van der Waals surface area contributed by atoms with Crippen molar-refractivity contribution in [1.29, 1.82) is 0 Å². The van der Waals surface area contributed by atoms with Crippen molar-refractivity contribution in [3.8, 4) is 12.3 Å². The Hall–Kier alpha value is -4.14. The molecule has 2 fully saturated rings. The predicted octanol–water partition coefficient (Wildman–Crippen LogP) is 6.37. The van der Waals surface area contributed by atoms with Gasteiger partial charge in [-0.25, -0.2) is 0 Å². The Morgan fingerprint density at radius 2 is 1.46 bits per heavy atom. The molecule has 4 aromatic rings. The number of amides is 2. The van der Waals surface area contributed by atoms with Gasteiger partial charge in [-0.1, -0.05) is 66.7 Å². The molecule has 0 unspecified atom stereocenters. The van der Waals surface area contributed by atoms with Gasteiger partial charge in [-0.3, -0.25) is 14.5 Å². The zero-order valence-corrected chi connectivity index (χ0v) is 23.5. The highest BCUT2D eigenvalue weighted by atomic mass is 16.2. The van der Waals surface area contributed by atoms with E-state index in [2.05, 4.69) is 41.2 Å². The van der Waals surface area contributed by atoms with Gasteiger partial charge in [0, 0.05) is 44.3 Å². The van der Waals surface area contributed by atoms with Crippen LogP contribution < -0.4 is 4.90 Å². The van der Waals surface area contributed by atoms with Crippen molar-refractivity contribution in [3.63, 3.8) is 0 Å². The molecule has 6 rings (SSSR count). The Bertz CT molecular complexity index is 1530. The fourth-order valence-corrected chi connectivity index (χ4v) is 6.75. The zero-order chi connectivity index (χ0) is 28.2. The summed E-state index contributed by atoms with van der Waals surface area (Å²) in [7, 11) is 0. The molecule has 5 nitrogen and oxygen atoms in total. The number of piperidine rings is 2. The van der Waals surface area contributed by atoms with Crippen molar-refractivity contribution in [3.05, 3.63) is 90.5 Å². The van der Waals surface area contributed by atoms with Crippen LogP contribution in [0.25, 0.3) is 21.5 Å². The lowest BCUT2D eigenvalue weighted by Crippen LogP contribution is -2.52. The van der Waals surface area contributed by atoms with Gasteiger partial charge in [0.05, 0.1) is 11.5 Å². The first-order valence-electron chi connectivity index (χ1n) is 14.9. The molecular weight excluding hydrogens is 506 g/mol. The molecule has 2 heterocycles. The SMILES string of the molecule is C#CCCN(C(=O)[C@@H]1CCCN(C2CCN(C(=O)c3c4ccccc4cc4ccccc34)CC2)C1)c1ccccc1. The van der Waals surface area contributed by atoms with E-state index >= 15 is 0 Å². The minimum atomic E-state index is -0.0385. The molecule has 5 heteroatoms. The molecule has 0 aliphatic carbocycles. The summed E-state index contributed by atoms with van der Waals surface area (Å²) in [6, 6.07) is 28.8. The van der Waals surface area contributed by atoms with Gasteiger partial charge in [-0.05, 0) is 72.0 Å². The number of nitrogens with zero attached hydrogens (tertiary/aromatic N) is 3. The van der Waals surface area contributed by atoms with Gasteiger partial charge >= 0.3 is 0 Å². The van der Waals surface area contributed by atoms with Crippen molar-refractivity contribution in [2.45, 2.75) is 38.1 Å². The molecule has 4 aromatic carbocycles. The summed E-state index contributed by atoms with van der Waals surface area (Å²) in [6.45, 7) is 3.78. The molecule has 0 aromatic heterocycles. The van der Waals surface area contributed by atoms with E-state index in [-0.39, 0.29) is 17.7 Å². The smallest absolute Gasteiger partial charge is 0.255 e. The third-order valence-electron chi connectivity index (χ3n) is 8.87. The minimum absolute atomic E-state index is 0.0385. The van der Waals surface area contributed by atoms with Crippen LogP contribution >= 0.6 is 0 Å². The Labute approximate surface area is 242 Å². The average Bonchev–Trinajstić information content (AvgIpc) is 3.04. The zero-order valence-electron chi connectivity index (χ0n) is 23.5. The second kappa shape index (κ2) is 12.2. The number of carbonyl (C=O) groups excluding carboxylic acids is 2. The molecule has 0 N–H and O–H groups in total. The molecule has 2 amide bonds. The van der Waals surface area contributed by atoms with E-state index in [4.69, 9.17) is 6.42 Å². The van der Waals surface area contributed by atoms with Gasteiger partial charge < -0.3 is 9.80 Å². The maximum Gasteiger partial charge on any atom is 0.255 e. The van der Waals surface area contributed by atoms with Crippen LogP contribution in [0.3, 0.4) is 0 Å². The van der Waals surface area contributed by atoms with E-state index in [9.17, 15) is 9.59 Å². The summed E-state index contributed by atoms with van der Waals surface area (Å²) >= 11 is 0. The van der Waals surface area contributed by atoms with Crippen LogP contribution in [-0.2, 0) is 4.79 Å². The molecule has 0 radical (unpaired) electrons. The summed E-state index contributed by atoms with van der Waals surface area (Å²) in [5.41, 5.74) is 1.73. The Morgan fingerprint density at radius 1 is 0.829 bits per heavy atom. The van der Waals surface area contributed by atoms with Gasteiger partial charge in [0.15, 0.2) is 0 Å². The van der Waals surface area contributed by atoms with E-state index in [1.807, 2.05) is 64.4 Å². The third-order valence-corrected chi connectivity index (χ3v) is 8.87. The second-order valence-electron chi connectivity index (χ2n) is 11.3. The number of rotatable bonds is 6. The van der Waals surface area contributed by atoms with Crippen molar-refractivity contribution >= 4 is 39.0 Å². The van der Waals surface area contributed by atoms with Crippen LogP contribution in [0.5, 0.6) is 0 Å². The van der Waals surface area contributed by atoms with E-state index in [1.54, 1.807) is 0 Å². The van der Waals surface area contributed by atoms with E-state index in [1.165, 1.54) is 0 Å². The first-order valence-corrected chi connectivity index (χ1v) is 14.9. The number of likely N-dealkylation sites (tertiary alicyclic amines) is 2. The molecule has 208 valence electrons. The maximum absolute atomic E-state index is 14.0. The lowest BCUT2D eigenvalue weighted by Gasteiger charge is -2.42. The fraction of sp³-hybridized carbons (Fsp3) is 0.333. The number of hydrogen-bond donors (Lipinski definition) is 0. The van der Waals surface area contributed by atoms with Crippen LogP contribution in [0.4, 0.5) is 5.69 Å². The molecule has 0 saturated carbocycles. The lowest BCUT2D eigenvalue weighted by atomic mass is 9.92. The van der Waals surface area contributed by atoms with E-state index in [0.29, 0.717) is 19.0 Å². The monoisotopic (exact) mass is 543 g/mol. The van der Waals surface area contributed by atoms with Crippen LogP contribution in [0, 0.1) is 18.3 Å². The normalized spacial score (nSPS) is 18.3. The molecule has 1 atom stereocenters. The highest BCUT2D eigenvalue weighted by molar-refractivity contribution is 6.18. The molecule has 41 heavy (non-hydrogen) atoms. The number of para-hydroxylation sites is 1. The second-order valence-corrected chi connectivity index (χ2v) is 11.3. The Kier molecular flexibility index (Phi) is 8.02. The summed E-state index contributed by atoms with van der Waals surface area (Å²) in [4.78, 5) is 34.1. The van der Waals surface area contributed by atoms with Crippen molar-refractivity contribution < 1.29 is 9.59 Å². The first-order chi connectivity index (χ1) is 20.1. The van der Waals surface area contributed by atoms with Crippen LogP contribution in [-0.4, -0.2) is 60.4 Å². The number of terminal acetylenes is 1. The molecule has 2 aliphatic heterocycles. The number of fused-ring (bicyclic) bond motifs is 2. The molecule has 2 saturated heterocycles. The third kappa shape index (κ3) is 5.58. The van der Waals surface area contributed by atoms with Crippen LogP contribution in [0.2, 0.25) is 0 Å². The highest BCUT2D eigenvalue weighted by Crippen LogP contribution is 2.32. The van der Waals surface area contributed by atoms with Crippen LogP contribution in [0.15, 0.2) is 84.9 Å². The van der Waals surface area contributed by atoms with Gasteiger partial charge in [-0.15, -0.1) is 12.3 Å². The standard InChI is InChI=1S/C36H37N3O2/c1-2-3-22-39(31-15-5-4-6-16-31)35(40)29-14-11-21-38(26-29)30-19-23-37(24-20-30)36(41)34-32-17-9-7-12-27(32)25-28-13-8-10-18-33(28)34/h1,4-10,12-13,15-18,25,29-30H,3,11,14,19-24,26H2/t29-/m1/s1. The molecule has 2 aliphatic rings. The molecule has 0 bridgehead atoms. The van der Waals surface area contributed by atoms with Crippen molar-refractivity contribution in [1.82, 2.24) is 9.80 Å². The number of hydrogen-bond acceptors (Lipinski definition) is 3. The minimum Gasteiger partial charge on any atom is -0.338 e. The largest absolute Gasteiger partial charge is 0.338 e. The summed E-state index contributed by atoms with van der Waals surface area (Å²) < 4.78 is 0. The average molecular weight is 544 g/mol. The topological polar surface area (TPSA) is 43.9 Å². The molecule has 0 spiro atoms. The number of anilines is 1. The first kappa shape index (κ1) is 27.1. The highest BCUT2D eigenvalue weighted by Gasteiger charge is 2.35. The number of benzene rings is 4. The predicted molar refractivity (Wildman–Crippen MR) is 167 cm³/mol. The van der Waals surface area contributed by atoms with Crippen molar-refractivity contribution in [2.24, 2.45) is 5.92 Å². The van der Waals surface area contributed by atoms with Crippen molar-refractivity contribution in [2.75, 3.05) is 37.6 Å². The summed E-state index contributed by atoms with van der Waals surface area (Å²) in [5, 5.41) is 4.23. The van der Waals surface area contributed by atoms with Gasteiger partial charge in [0.25, 0.3) is 5.91 Å². The Balaban J connectivity index is 1.14. The van der Waals surface area contributed by atoms with Gasteiger partial charge in [0.1, 0.15) is 0 Å². The Morgan fingerprint density at radius 3 is 2.12 bits per heavy atom. The summed E-state index contributed by atoms with van der Waals surface area (Å²) in [6.07, 6.45) is 9.85. The van der Waals surface area contributed by atoms with Gasteiger partial charge in [-0.2, -0.15) is 0 Å². The van der Waals surface area contributed by atoms with Gasteiger partial charge in [0.2, 0.25) is 5.91 Å². The van der Waals surface area contributed by atoms with E-state index < -0.39 is 0 Å². The quantitative estimate of drug-likeness (QED) is 0.210. The van der Waals surface area contributed by atoms with E-state index in [0.717, 1.165) is 84.7 Å². The number of carbonyl (C=O) groups is 2.